The van der Waals surface area contributed by atoms with E-state index in [9.17, 15) is 0 Å². The molecular formula is C5H14N4. The fourth-order valence-electron chi connectivity index (χ4n) is 0.556. The topological polar surface area (TPSA) is 67.6 Å². The standard InChI is InChI=1S/C5H14N4/c1-3-4-5(8-6)9(2)7/h3-4,6-7H2,1-2H3/b8-5-. The highest BCUT2D eigenvalue weighted by Crippen LogP contribution is 1.90. The van der Waals surface area contributed by atoms with Crippen LogP contribution in [0.3, 0.4) is 0 Å². The lowest BCUT2D eigenvalue weighted by atomic mass is 10.3. The molecule has 0 aromatic heterocycles. The molecule has 9 heavy (non-hydrogen) atoms. The molecule has 0 aliphatic heterocycles. The van der Waals surface area contributed by atoms with Crippen molar-refractivity contribution in [3.63, 3.8) is 0 Å². The maximum Gasteiger partial charge on any atom is 0.138 e. The molecule has 0 radical (unpaired) electrons. The minimum Gasteiger partial charge on any atom is -0.322 e. The van der Waals surface area contributed by atoms with Crippen molar-refractivity contribution in [2.75, 3.05) is 7.05 Å². The summed E-state index contributed by atoms with van der Waals surface area (Å²) in [6, 6.07) is 0. The first-order valence-corrected chi connectivity index (χ1v) is 2.97. The molecule has 0 aromatic rings. The molecule has 0 unspecified atom stereocenters. The van der Waals surface area contributed by atoms with Gasteiger partial charge in [-0.1, -0.05) is 6.92 Å². The maximum absolute atomic E-state index is 5.36. The third-order valence-corrected chi connectivity index (χ3v) is 1.03. The van der Waals surface area contributed by atoms with Gasteiger partial charge in [0.05, 0.1) is 0 Å². The first kappa shape index (κ1) is 8.23. The minimum absolute atomic E-state index is 0.734. The zero-order chi connectivity index (χ0) is 7.28. The van der Waals surface area contributed by atoms with E-state index in [1.54, 1.807) is 7.05 Å². The molecule has 4 nitrogen and oxygen atoms in total. The van der Waals surface area contributed by atoms with Gasteiger partial charge in [0.15, 0.2) is 0 Å². The van der Waals surface area contributed by atoms with Gasteiger partial charge in [-0.25, -0.2) is 5.84 Å². The predicted molar refractivity (Wildman–Crippen MR) is 38.5 cm³/mol. The van der Waals surface area contributed by atoms with Crippen molar-refractivity contribution >= 4 is 5.84 Å². The van der Waals surface area contributed by atoms with Crippen LogP contribution in [0.2, 0.25) is 0 Å². The molecule has 0 heterocycles. The molecule has 0 fully saturated rings. The SMILES string of the molecule is CCC/C(=N/N)N(C)N. The second-order valence-electron chi connectivity index (χ2n) is 1.91. The molecular weight excluding hydrogens is 116 g/mol. The van der Waals surface area contributed by atoms with E-state index in [-0.39, 0.29) is 0 Å². The Kier molecular flexibility index (Phi) is 3.79. The molecule has 0 spiro atoms. The van der Waals surface area contributed by atoms with Gasteiger partial charge < -0.3 is 10.9 Å². The third kappa shape index (κ3) is 2.92. The normalized spacial score (nSPS) is 11.7. The average Bonchev–Trinajstić information content (AvgIpc) is 1.82. The molecule has 0 atom stereocenters. The van der Waals surface area contributed by atoms with E-state index in [1.165, 1.54) is 5.01 Å². The van der Waals surface area contributed by atoms with Crippen LogP contribution in [-0.4, -0.2) is 17.9 Å². The molecule has 4 heteroatoms. The zero-order valence-electron chi connectivity index (χ0n) is 5.96. The fourth-order valence-corrected chi connectivity index (χ4v) is 0.556. The van der Waals surface area contributed by atoms with Gasteiger partial charge in [-0.2, -0.15) is 5.10 Å². The Hall–Kier alpha value is -0.770. The number of hydrogen-bond acceptors (Lipinski definition) is 3. The second kappa shape index (κ2) is 4.14. The molecule has 0 amide bonds. The Labute approximate surface area is 55.5 Å². The Balaban J connectivity index is 3.70. The van der Waals surface area contributed by atoms with E-state index in [4.69, 9.17) is 11.7 Å². The van der Waals surface area contributed by atoms with E-state index in [0.29, 0.717) is 0 Å². The van der Waals surface area contributed by atoms with Gasteiger partial charge in [-0.05, 0) is 6.42 Å². The van der Waals surface area contributed by atoms with Gasteiger partial charge in [-0.15, -0.1) is 0 Å². The van der Waals surface area contributed by atoms with E-state index < -0.39 is 0 Å². The van der Waals surface area contributed by atoms with Crippen LogP contribution in [0.4, 0.5) is 0 Å². The number of nitrogens with zero attached hydrogens (tertiary/aromatic N) is 2. The summed E-state index contributed by atoms with van der Waals surface area (Å²) < 4.78 is 0. The van der Waals surface area contributed by atoms with Crippen LogP contribution in [0, 0.1) is 0 Å². The smallest absolute Gasteiger partial charge is 0.138 e. The molecule has 54 valence electrons. The van der Waals surface area contributed by atoms with Gasteiger partial charge in [0.2, 0.25) is 0 Å². The molecule has 0 saturated carbocycles. The number of nitrogens with two attached hydrogens (primary N) is 2. The van der Waals surface area contributed by atoms with Crippen molar-refractivity contribution in [3.8, 4) is 0 Å². The largest absolute Gasteiger partial charge is 0.322 e. The monoisotopic (exact) mass is 130 g/mol. The Morgan fingerprint density at radius 1 is 1.67 bits per heavy atom. The quantitative estimate of drug-likeness (QED) is 0.237. The summed E-state index contributed by atoms with van der Waals surface area (Å²) in [6.45, 7) is 2.05. The minimum atomic E-state index is 0.734. The average molecular weight is 130 g/mol. The van der Waals surface area contributed by atoms with Crippen LogP contribution >= 0.6 is 0 Å². The summed E-state index contributed by atoms with van der Waals surface area (Å²) in [7, 11) is 1.72. The van der Waals surface area contributed by atoms with Crippen molar-refractivity contribution < 1.29 is 0 Å². The molecule has 4 N–H and O–H groups in total. The Bertz CT molecular complexity index is 97.1. The zero-order valence-corrected chi connectivity index (χ0v) is 5.96. The summed E-state index contributed by atoms with van der Waals surface area (Å²) in [4.78, 5) is 0. The first-order chi connectivity index (χ1) is 4.22. The summed E-state index contributed by atoms with van der Waals surface area (Å²) in [5, 5.41) is 4.93. The van der Waals surface area contributed by atoms with E-state index >= 15 is 0 Å². The van der Waals surface area contributed by atoms with Crippen molar-refractivity contribution in [1.82, 2.24) is 5.01 Å². The van der Waals surface area contributed by atoms with Crippen LogP contribution in [0.25, 0.3) is 0 Å². The van der Waals surface area contributed by atoms with Gasteiger partial charge in [0.25, 0.3) is 0 Å². The first-order valence-electron chi connectivity index (χ1n) is 2.97. The molecule has 0 aromatic carbocycles. The molecule has 0 saturated heterocycles. The van der Waals surface area contributed by atoms with Crippen molar-refractivity contribution in [2.24, 2.45) is 16.8 Å². The summed E-state index contributed by atoms with van der Waals surface area (Å²) >= 11 is 0. The molecule has 0 bridgehead atoms. The highest BCUT2D eigenvalue weighted by Gasteiger charge is 1.97. The third-order valence-electron chi connectivity index (χ3n) is 1.03. The number of rotatable bonds is 2. The summed E-state index contributed by atoms with van der Waals surface area (Å²) in [5.74, 6) is 11.1. The number of amidine groups is 1. The maximum atomic E-state index is 5.36. The summed E-state index contributed by atoms with van der Waals surface area (Å²) in [6.07, 6.45) is 1.85. The number of hydrazone groups is 1. The second-order valence-corrected chi connectivity index (χ2v) is 1.91. The van der Waals surface area contributed by atoms with E-state index in [0.717, 1.165) is 18.7 Å². The van der Waals surface area contributed by atoms with Crippen molar-refractivity contribution in [2.45, 2.75) is 19.8 Å². The van der Waals surface area contributed by atoms with Crippen LogP contribution < -0.4 is 11.7 Å². The highest BCUT2D eigenvalue weighted by atomic mass is 15.4. The van der Waals surface area contributed by atoms with E-state index in [2.05, 4.69) is 12.0 Å². The van der Waals surface area contributed by atoms with Gasteiger partial charge in [-0.3, -0.25) is 0 Å². The lowest BCUT2D eigenvalue weighted by molar-refractivity contribution is 0.520. The van der Waals surface area contributed by atoms with Crippen LogP contribution in [0.15, 0.2) is 5.10 Å². The molecule has 0 rings (SSSR count). The Morgan fingerprint density at radius 3 is 2.33 bits per heavy atom. The van der Waals surface area contributed by atoms with Crippen LogP contribution in [0.5, 0.6) is 0 Å². The van der Waals surface area contributed by atoms with Crippen LogP contribution in [0.1, 0.15) is 19.8 Å². The molecule has 0 aliphatic rings. The van der Waals surface area contributed by atoms with Gasteiger partial charge >= 0.3 is 0 Å². The summed E-state index contributed by atoms with van der Waals surface area (Å²) in [5.41, 5.74) is 0. The van der Waals surface area contributed by atoms with Gasteiger partial charge in [0.1, 0.15) is 5.84 Å². The van der Waals surface area contributed by atoms with E-state index in [1.807, 2.05) is 0 Å². The Morgan fingerprint density at radius 2 is 2.22 bits per heavy atom. The molecule has 0 aliphatic carbocycles. The lowest BCUT2D eigenvalue weighted by Crippen LogP contribution is -2.33. The van der Waals surface area contributed by atoms with Gasteiger partial charge in [0, 0.05) is 13.5 Å². The number of hydrazine groups is 1. The number of hydrogen-bond donors (Lipinski definition) is 2. The van der Waals surface area contributed by atoms with Crippen molar-refractivity contribution in [3.05, 3.63) is 0 Å². The lowest BCUT2D eigenvalue weighted by Gasteiger charge is -2.12. The van der Waals surface area contributed by atoms with Crippen molar-refractivity contribution in [1.29, 1.82) is 0 Å². The highest BCUT2D eigenvalue weighted by molar-refractivity contribution is 5.81. The van der Waals surface area contributed by atoms with Crippen LogP contribution in [-0.2, 0) is 0 Å². The fraction of sp³-hybridized carbons (Fsp3) is 0.800. The predicted octanol–water partition coefficient (Wildman–Crippen LogP) is -0.136.